The molecule has 0 unspecified atom stereocenters. The Balaban J connectivity index is 2.73. The molecule has 7 nitrogen and oxygen atoms in total. The second kappa shape index (κ2) is 5.50. The molecule has 1 aromatic carbocycles. The molecule has 0 atom stereocenters. The van der Waals surface area contributed by atoms with Crippen molar-refractivity contribution in [2.75, 3.05) is 5.75 Å². The number of hydrogen-bond donors (Lipinski definition) is 3. The molecule has 1 rings (SSSR count). The predicted molar refractivity (Wildman–Crippen MR) is 64.4 cm³/mol. The molecule has 0 saturated carbocycles. The van der Waals surface area contributed by atoms with Crippen LogP contribution in [0.3, 0.4) is 0 Å². The predicted octanol–water partition coefficient (Wildman–Crippen LogP) is -0.290. The van der Waals surface area contributed by atoms with Gasteiger partial charge in [0.15, 0.2) is 15.6 Å². The van der Waals surface area contributed by atoms with Crippen molar-refractivity contribution in [1.82, 2.24) is 5.48 Å². The number of rotatable bonds is 3. The molecule has 0 fully saturated rings. The lowest BCUT2D eigenvalue weighted by molar-refractivity contribution is -0.144. The highest BCUT2D eigenvalue weighted by molar-refractivity contribution is 7.92. The monoisotopic (exact) mass is 271 g/mol. The summed E-state index contributed by atoms with van der Waals surface area (Å²) >= 11 is 0. The maximum absolute atomic E-state index is 11.8. The molecule has 0 aliphatic carbocycles. The Bertz CT molecular complexity index is 551. The summed E-state index contributed by atoms with van der Waals surface area (Å²) in [5.74, 6) is -2.45. The minimum Gasteiger partial charge on any atom is -0.368 e. The molecule has 4 N–H and O–H groups in total. The van der Waals surface area contributed by atoms with Gasteiger partial charge in [-0.3, -0.25) is 5.41 Å². The molecule has 0 heterocycles. The molecule has 18 heavy (non-hydrogen) atoms. The molecule has 0 aliphatic rings. The van der Waals surface area contributed by atoms with Gasteiger partial charge >= 0.3 is 5.97 Å². The van der Waals surface area contributed by atoms with E-state index in [1.807, 2.05) is 6.92 Å². The Morgan fingerprint density at radius 3 is 2.44 bits per heavy atom. The lowest BCUT2D eigenvalue weighted by Crippen LogP contribution is -2.34. The Morgan fingerprint density at radius 1 is 1.39 bits per heavy atom. The van der Waals surface area contributed by atoms with E-state index in [1.165, 1.54) is 12.1 Å². The van der Waals surface area contributed by atoms with Gasteiger partial charge in [0, 0.05) is 0 Å². The second-order valence-electron chi connectivity index (χ2n) is 3.56. The van der Waals surface area contributed by atoms with Gasteiger partial charge in [-0.25, -0.2) is 13.2 Å². The molecule has 1 aromatic rings. The van der Waals surface area contributed by atoms with Crippen molar-refractivity contribution in [3.63, 3.8) is 0 Å². The summed E-state index contributed by atoms with van der Waals surface area (Å²) in [6.45, 7) is 1.82. The highest BCUT2D eigenvalue weighted by atomic mass is 32.2. The topological polar surface area (TPSA) is 122 Å². The average Bonchev–Trinajstić information content (AvgIpc) is 2.26. The van der Waals surface area contributed by atoms with Crippen molar-refractivity contribution in [1.29, 1.82) is 5.41 Å². The van der Waals surface area contributed by atoms with Crippen LogP contribution in [0.2, 0.25) is 0 Å². The van der Waals surface area contributed by atoms with Crippen LogP contribution in [0.25, 0.3) is 0 Å². The minimum absolute atomic E-state index is 0.0351. The van der Waals surface area contributed by atoms with Gasteiger partial charge in [-0.05, 0) is 19.1 Å². The Labute approximate surface area is 104 Å². The molecule has 8 heteroatoms. The molecule has 0 spiro atoms. The van der Waals surface area contributed by atoms with Crippen LogP contribution in [0.1, 0.15) is 5.56 Å². The summed E-state index contributed by atoms with van der Waals surface area (Å²) in [4.78, 5) is 15.5. The van der Waals surface area contributed by atoms with Crippen molar-refractivity contribution in [2.24, 2.45) is 5.73 Å². The van der Waals surface area contributed by atoms with E-state index >= 15 is 0 Å². The maximum atomic E-state index is 11.8. The molecule has 0 aromatic heterocycles. The number of nitrogens with two attached hydrogens (primary N) is 1. The quantitative estimate of drug-likeness (QED) is 0.394. The normalized spacial score (nSPS) is 10.7. The van der Waals surface area contributed by atoms with E-state index in [-0.39, 0.29) is 4.90 Å². The van der Waals surface area contributed by atoms with Gasteiger partial charge in [0.2, 0.25) is 5.96 Å². The molecule has 98 valence electrons. The van der Waals surface area contributed by atoms with Gasteiger partial charge in [0.25, 0.3) is 0 Å². The van der Waals surface area contributed by atoms with Gasteiger partial charge in [-0.2, -0.15) is 5.48 Å². The van der Waals surface area contributed by atoms with Crippen LogP contribution in [-0.4, -0.2) is 26.1 Å². The summed E-state index contributed by atoms with van der Waals surface area (Å²) in [5, 5.41) is 6.75. The molecule has 0 aliphatic heterocycles. The fraction of sp³-hybridized carbons (Fsp3) is 0.200. The fourth-order valence-corrected chi connectivity index (χ4v) is 2.21. The van der Waals surface area contributed by atoms with Crippen LogP contribution in [0, 0.1) is 12.3 Å². The molecular formula is C10H13N3O4S. The second-order valence-corrected chi connectivity index (χ2v) is 5.55. The van der Waals surface area contributed by atoms with Crippen molar-refractivity contribution < 1.29 is 18.0 Å². The standard InChI is InChI=1S/C10H13N3O4S/c1-7-2-4-8(5-3-7)18(15,16)6-9(14)17-13-10(11)12/h2-5H,6H2,1H3,(H4,11,12,13). The first-order valence-corrected chi connectivity index (χ1v) is 6.55. The number of nitrogens with one attached hydrogen (secondary N) is 2. The number of carbonyl (C=O) groups is 1. The number of aryl methyl sites for hydroxylation is 1. The summed E-state index contributed by atoms with van der Waals surface area (Å²) in [6.07, 6.45) is 0. The zero-order valence-corrected chi connectivity index (χ0v) is 10.5. The first-order valence-electron chi connectivity index (χ1n) is 4.90. The third kappa shape index (κ3) is 4.06. The van der Waals surface area contributed by atoms with Gasteiger partial charge in [-0.1, -0.05) is 17.7 Å². The van der Waals surface area contributed by atoms with Crippen LogP contribution in [0.4, 0.5) is 0 Å². The average molecular weight is 271 g/mol. The summed E-state index contributed by atoms with van der Waals surface area (Å²) in [6, 6.07) is 6.09. The molecule has 0 bridgehead atoms. The van der Waals surface area contributed by atoms with Crippen LogP contribution in [0.5, 0.6) is 0 Å². The van der Waals surface area contributed by atoms with Crippen LogP contribution in [0.15, 0.2) is 29.2 Å². The van der Waals surface area contributed by atoms with Crippen molar-refractivity contribution in [3.05, 3.63) is 29.8 Å². The number of sulfone groups is 1. The minimum atomic E-state index is -3.75. The zero-order valence-electron chi connectivity index (χ0n) is 9.64. The highest BCUT2D eigenvalue weighted by Gasteiger charge is 2.20. The smallest absolute Gasteiger partial charge is 0.347 e. The van der Waals surface area contributed by atoms with Crippen LogP contribution >= 0.6 is 0 Å². The Morgan fingerprint density at radius 2 is 1.94 bits per heavy atom. The van der Waals surface area contributed by atoms with E-state index in [4.69, 9.17) is 11.1 Å². The number of carbonyl (C=O) groups excluding carboxylic acids is 1. The van der Waals surface area contributed by atoms with Gasteiger partial charge in [0.05, 0.1) is 4.90 Å². The molecule has 0 amide bonds. The fourth-order valence-electron chi connectivity index (χ4n) is 1.13. The zero-order chi connectivity index (χ0) is 13.8. The third-order valence-corrected chi connectivity index (χ3v) is 3.57. The first-order chi connectivity index (χ1) is 8.31. The summed E-state index contributed by atoms with van der Waals surface area (Å²) < 4.78 is 23.6. The number of benzene rings is 1. The van der Waals surface area contributed by atoms with Crippen molar-refractivity contribution in [2.45, 2.75) is 11.8 Å². The van der Waals surface area contributed by atoms with Gasteiger partial charge < -0.3 is 10.6 Å². The number of hydroxylamine groups is 1. The number of hydrogen-bond acceptors (Lipinski definition) is 5. The van der Waals surface area contributed by atoms with Crippen LogP contribution in [-0.2, 0) is 19.5 Å². The molecular weight excluding hydrogens is 258 g/mol. The largest absolute Gasteiger partial charge is 0.368 e. The summed E-state index contributed by atoms with van der Waals surface area (Å²) in [7, 11) is -3.75. The summed E-state index contributed by atoms with van der Waals surface area (Å²) in [5.41, 5.74) is 7.57. The van der Waals surface area contributed by atoms with E-state index in [0.717, 1.165) is 5.56 Å². The molecule has 0 radical (unpaired) electrons. The lowest BCUT2D eigenvalue weighted by Gasteiger charge is -2.06. The van der Waals surface area contributed by atoms with E-state index in [0.29, 0.717) is 0 Å². The molecule has 0 saturated heterocycles. The first kappa shape index (κ1) is 14.0. The highest BCUT2D eigenvalue weighted by Crippen LogP contribution is 2.12. The maximum Gasteiger partial charge on any atom is 0.347 e. The van der Waals surface area contributed by atoms with E-state index in [2.05, 4.69) is 4.84 Å². The third-order valence-electron chi connectivity index (χ3n) is 1.96. The van der Waals surface area contributed by atoms with Crippen molar-refractivity contribution >= 4 is 21.8 Å². The SMILES string of the molecule is Cc1ccc(S(=O)(=O)CC(=O)ONC(=N)N)cc1. The van der Waals surface area contributed by atoms with Crippen LogP contribution < -0.4 is 11.2 Å². The van der Waals surface area contributed by atoms with Gasteiger partial charge in [0.1, 0.15) is 0 Å². The Hall–Kier alpha value is -2.09. The van der Waals surface area contributed by atoms with E-state index < -0.39 is 27.5 Å². The lowest BCUT2D eigenvalue weighted by atomic mass is 10.2. The van der Waals surface area contributed by atoms with Crippen molar-refractivity contribution in [3.8, 4) is 0 Å². The van der Waals surface area contributed by atoms with E-state index in [9.17, 15) is 13.2 Å². The van der Waals surface area contributed by atoms with Gasteiger partial charge in [-0.15, -0.1) is 0 Å². The Kier molecular flexibility index (Phi) is 4.27. The number of guanidine groups is 1. The van der Waals surface area contributed by atoms with E-state index in [1.54, 1.807) is 17.6 Å².